The van der Waals surface area contributed by atoms with Crippen LogP contribution in [0.5, 0.6) is 0 Å². The van der Waals surface area contributed by atoms with Crippen LogP contribution in [0.4, 0.5) is 10.1 Å². The molecular formula is C12H8BrFN2O3. The van der Waals surface area contributed by atoms with Crippen molar-refractivity contribution in [3.05, 3.63) is 51.5 Å². The van der Waals surface area contributed by atoms with E-state index < -0.39 is 17.6 Å². The lowest BCUT2D eigenvalue weighted by molar-refractivity contribution is 0.0691. The minimum absolute atomic E-state index is 0.102. The van der Waals surface area contributed by atoms with Gasteiger partial charge in [-0.25, -0.2) is 9.18 Å². The van der Waals surface area contributed by atoms with E-state index in [0.717, 1.165) is 6.07 Å². The number of ketones is 1. The highest BCUT2D eigenvalue weighted by Gasteiger charge is 2.18. The summed E-state index contributed by atoms with van der Waals surface area (Å²) in [4.78, 5) is 25.3. The summed E-state index contributed by atoms with van der Waals surface area (Å²) < 4.78 is 13.4. The first-order valence-electron chi connectivity index (χ1n) is 5.11. The summed E-state index contributed by atoms with van der Waals surface area (Å²) in [6.45, 7) is 0. The van der Waals surface area contributed by atoms with E-state index in [1.807, 2.05) is 0 Å². The molecular weight excluding hydrogens is 319 g/mol. The van der Waals surface area contributed by atoms with Crippen molar-refractivity contribution >= 4 is 33.4 Å². The number of carboxylic acids is 1. The molecule has 7 heteroatoms. The largest absolute Gasteiger partial charge is 0.477 e. The van der Waals surface area contributed by atoms with E-state index in [1.165, 1.54) is 18.3 Å². The molecule has 0 radical (unpaired) electrons. The maximum atomic E-state index is 13.2. The van der Waals surface area contributed by atoms with E-state index in [4.69, 9.17) is 10.8 Å². The first kappa shape index (κ1) is 13.3. The molecule has 0 unspecified atom stereocenters. The van der Waals surface area contributed by atoms with E-state index in [9.17, 15) is 14.0 Å². The summed E-state index contributed by atoms with van der Waals surface area (Å²) in [5, 5.41) is 8.76. The van der Waals surface area contributed by atoms with Gasteiger partial charge in [-0.3, -0.25) is 4.79 Å². The molecule has 0 aliphatic heterocycles. The van der Waals surface area contributed by atoms with Gasteiger partial charge in [-0.05, 0) is 34.1 Å². The molecule has 4 N–H and O–H groups in total. The fraction of sp³-hybridized carbons (Fsp3) is 0. The second kappa shape index (κ2) is 4.85. The molecule has 0 atom stereocenters. The molecule has 2 rings (SSSR count). The van der Waals surface area contributed by atoms with Crippen LogP contribution in [0, 0.1) is 5.82 Å². The van der Waals surface area contributed by atoms with Crippen molar-refractivity contribution in [3.63, 3.8) is 0 Å². The van der Waals surface area contributed by atoms with Crippen LogP contribution < -0.4 is 5.73 Å². The summed E-state index contributed by atoms with van der Waals surface area (Å²) >= 11 is 3.07. The average Bonchev–Trinajstić information content (AvgIpc) is 2.82. The van der Waals surface area contributed by atoms with Gasteiger partial charge in [-0.15, -0.1) is 0 Å². The number of nitrogens with one attached hydrogen (secondary N) is 1. The zero-order valence-corrected chi connectivity index (χ0v) is 11.0. The van der Waals surface area contributed by atoms with Crippen LogP contribution in [0.3, 0.4) is 0 Å². The number of aromatic amines is 1. The van der Waals surface area contributed by atoms with E-state index >= 15 is 0 Å². The second-order valence-electron chi connectivity index (χ2n) is 3.79. The van der Waals surface area contributed by atoms with Crippen LogP contribution in [0.25, 0.3) is 0 Å². The Balaban J connectivity index is 2.43. The zero-order chi connectivity index (χ0) is 14.2. The van der Waals surface area contributed by atoms with Crippen molar-refractivity contribution < 1.29 is 19.1 Å². The molecule has 98 valence electrons. The Hall–Kier alpha value is -2.15. The molecule has 1 aromatic carbocycles. The Kier molecular flexibility index (Phi) is 3.39. The molecule has 0 spiro atoms. The maximum absolute atomic E-state index is 13.2. The standard InChI is InChI=1S/C12H8BrFN2O3/c13-7-3-8(14)9(15)2-6(7)11(17)5-1-10(12(18)19)16-4-5/h1-4,16H,15H2,(H,18,19). The van der Waals surface area contributed by atoms with Crippen LogP contribution in [0.15, 0.2) is 28.9 Å². The van der Waals surface area contributed by atoms with Gasteiger partial charge in [0, 0.05) is 21.8 Å². The lowest BCUT2D eigenvalue weighted by Gasteiger charge is -2.04. The predicted molar refractivity (Wildman–Crippen MR) is 69.7 cm³/mol. The highest BCUT2D eigenvalue weighted by molar-refractivity contribution is 9.10. The van der Waals surface area contributed by atoms with E-state index in [-0.39, 0.29) is 27.0 Å². The number of nitrogens with two attached hydrogens (primary N) is 1. The van der Waals surface area contributed by atoms with E-state index in [1.54, 1.807) is 0 Å². The summed E-state index contributed by atoms with van der Waals surface area (Å²) in [7, 11) is 0. The zero-order valence-electron chi connectivity index (χ0n) is 9.41. The van der Waals surface area contributed by atoms with Gasteiger partial charge in [0.1, 0.15) is 11.5 Å². The number of carbonyl (C=O) groups excluding carboxylic acids is 1. The first-order chi connectivity index (χ1) is 8.90. The van der Waals surface area contributed by atoms with Crippen molar-refractivity contribution in [1.29, 1.82) is 0 Å². The molecule has 0 aliphatic carbocycles. The first-order valence-corrected chi connectivity index (χ1v) is 5.90. The Morgan fingerprint density at radius 1 is 1.32 bits per heavy atom. The van der Waals surface area contributed by atoms with Crippen molar-refractivity contribution in [3.8, 4) is 0 Å². The fourth-order valence-electron chi connectivity index (χ4n) is 1.54. The van der Waals surface area contributed by atoms with Gasteiger partial charge in [0.15, 0.2) is 5.78 Å². The number of carbonyl (C=O) groups is 2. The Bertz CT molecular complexity index is 682. The molecule has 0 amide bonds. The topological polar surface area (TPSA) is 96.2 Å². The minimum Gasteiger partial charge on any atom is -0.477 e. The molecule has 1 aromatic heterocycles. The molecule has 0 bridgehead atoms. The number of aromatic nitrogens is 1. The van der Waals surface area contributed by atoms with Crippen molar-refractivity contribution in [2.75, 3.05) is 5.73 Å². The van der Waals surface area contributed by atoms with E-state index in [2.05, 4.69) is 20.9 Å². The molecule has 0 aliphatic rings. The summed E-state index contributed by atoms with van der Waals surface area (Å²) in [5.41, 5.74) is 5.47. The fourth-order valence-corrected chi connectivity index (χ4v) is 2.04. The Morgan fingerprint density at radius 2 is 2.00 bits per heavy atom. The highest BCUT2D eigenvalue weighted by atomic mass is 79.9. The van der Waals surface area contributed by atoms with Gasteiger partial charge in [-0.1, -0.05) is 0 Å². The number of hydrogen-bond acceptors (Lipinski definition) is 3. The molecule has 1 heterocycles. The monoisotopic (exact) mass is 326 g/mol. The molecule has 5 nitrogen and oxygen atoms in total. The van der Waals surface area contributed by atoms with Crippen LogP contribution in [-0.2, 0) is 0 Å². The second-order valence-corrected chi connectivity index (χ2v) is 4.64. The third-order valence-electron chi connectivity index (χ3n) is 2.51. The summed E-state index contributed by atoms with van der Waals surface area (Å²) in [6.07, 6.45) is 1.28. The molecule has 19 heavy (non-hydrogen) atoms. The van der Waals surface area contributed by atoms with Gasteiger partial charge < -0.3 is 15.8 Å². The lowest BCUT2D eigenvalue weighted by atomic mass is 10.0. The lowest BCUT2D eigenvalue weighted by Crippen LogP contribution is -2.04. The average molecular weight is 327 g/mol. The number of H-pyrrole nitrogens is 1. The number of aromatic carboxylic acids is 1. The summed E-state index contributed by atoms with van der Waals surface area (Å²) in [5.74, 6) is -2.26. The Morgan fingerprint density at radius 3 is 2.58 bits per heavy atom. The normalized spacial score (nSPS) is 10.4. The van der Waals surface area contributed by atoms with Gasteiger partial charge in [0.25, 0.3) is 0 Å². The van der Waals surface area contributed by atoms with Crippen LogP contribution >= 0.6 is 15.9 Å². The number of benzene rings is 1. The van der Waals surface area contributed by atoms with Gasteiger partial charge in [0.05, 0.1) is 5.69 Å². The third-order valence-corrected chi connectivity index (χ3v) is 3.16. The van der Waals surface area contributed by atoms with Crippen molar-refractivity contribution in [2.24, 2.45) is 0 Å². The van der Waals surface area contributed by atoms with Gasteiger partial charge >= 0.3 is 5.97 Å². The minimum atomic E-state index is -1.17. The van der Waals surface area contributed by atoms with Crippen molar-refractivity contribution in [2.45, 2.75) is 0 Å². The van der Waals surface area contributed by atoms with E-state index in [0.29, 0.717) is 0 Å². The maximum Gasteiger partial charge on any atom is 0.352 e. The number of carboxylic acid groups (broad SMARTS) is 1. The number of nitrogen functional groups attached to an aromatic ring is 1. The van der Waals surface area contributed by atoms with Crippen LogP contribution in [0.1, 0.15) is 26.4 Å². The predicted octanol–water partition coefficient (Wildman–Crippen LogP) is 2.43. The van der Waals surface area contributed by atoms with Gasteiger partial charge in [-0.2, -0.15) is 0 Å². The highest BCUT2D eigenvalue weighted by Crippen LogP contribution is 2.25. The molecule has 0 saturated heterocycles. The smallest absolute Gasteiger partial charge is 0.352 e. The van der Waals surface area contributed by atoms with Crippen LogP contribution in [-0.4, -0.2) is 21.8 Å². The Labute approximate surface area is 115 Å². The van der Waals surface area contributed by atoms with Crippen LogP contribution in [0.2, 0.25) is 0 Å². The van der Waals surface area contributed by atoms with Crippen molar-refractivity contribution in [1.82, 2.24) is 4.98 Å². The number of hydrogen-bond donors (Lipinski definition) is 3. The number of halogens is 2. The third kappa shape index (κ3) is 2.50. The van der Waals surface area contributed by atoms with Gasteiger partial charge in [0.2, 0.25) is 0 Å². The quantitative estimate of drug-likeness (QED) is 0.596. The molecule has 0 saturated carbocycles. The number of anilines is 1. The SMILES string of the molecule is Nc1cc(C(=O)c2c[nH]c(C(=O)O)c2)c(Br)cc1F. The summed E-state index contributed by atoms with van der Waals surface area (Å²) in [6, 6.07) is 3.50. The molecule has 2 aromatic rings. The number of rotatable bonds is 3. The molecule has 0 fully saturated rings.